The first-order chi connectivity index (χ1) is 6.74. The van der Waals surface area contributed by atoms with Crippen molar-refractivity contribution in [2.45, 2.75) is 12.8 Å². The van der Waals surface area contributed by atoms with Crippen LogP contribution < -0.4 is 0 Å². The quantitative estimate of drug-likeness (QED) is 0.439. The van der Waals surface area contributed by atoms with Gasteiger partial charge in [0.2, 0.25) is 5.91 Å². The van der Waals surface area contributed by atoms with E-state index in [1.165, 1.54) is 0 Å². The van der Waals surface area contributed by atoms with Gasteiger partial charge >= 0.3 is 0 Å². The number of nitrogens with zero attached hydrogens (tertiary/aromatic N) is 2. The molecule has 1 amide bonds. The minimum atomic E-state index is 0.270. The van der Waals surface area contributed by atoms with Crippen LogP contribution in [0.15, 0.2) is 0 Å². The van der Waals surface area contributed by atoms with E-state index in [1.807, 2.05) is 4.90 Å². The number of amides is 1. The zero-order chi connectivity index (χ0) is 10.4. The van der Waals surface area contributed by atoms with E-state index < -0.39 is 0 Å². The van der Waals surface area contributed by atoms with Crippen molar-refractivity contribution in [2.75, 3.05) is 39.9 Å². The Balaban J connectivity index is 2.17. The van der Waals surface area contributed by atoms with Crippen molar-refractivity contribution >= 4 is 28.8 Å². The van der Waals surface area contributed by atoms with Crippen LogP contribution in [0.3, 0.4) is 0 Å². The van der Waals surface area contributed by atoms with Gasteiger partial charge < -0.3 is 9.64 Å². The molecule has 1 rings (SSSR count). The molecule has 1 saturated heterocycles. The molecular formula is C9H17IN2O2. The van der Waals surface area contributed by atoms with Crippen molar-refractivity contribution in [3.05, 3.63) is 0 Å². The smallest absolute Gasteiger partial charge is 0.222 e. The number of ether oxygens (including phenoxy) is 1. The van der Waals surface area contributed by atoms with E-state index in [-0.39, 0.29) is 5.91 Å². The molecule has 0 unspecified atom stereocenters. The van der Waals surface area contributed by atoms with Crippen LogP contribution in [0.5, 0.6) is 0 Å². The van der Waals surface area contributed by atoms with Crippen LogP contribution in [0.4, 0.5) is 0 Å². The van der Waals surface area contributed by atoms with Crippen molar-refractivity contribution in [3.8, 4) is 0 Å². The molecule has 14 heavy (non-hydrogen) atoms. The van der Waals surface area contributed by atoms with Gasteiger partial charge in [0, 0.05) is 69.2 Å². The Morgan fingerprint density at radius 3 is 2.57 bits per heavy atom. The van der Waals surface area contributed by atoms with Gasteiger partial charge in [-0.05, 0) is 6.42 Å². The molecule has 0 aromatic heterocycles. The summed E-state index contributed by atoms with van der Waals surface area (Å²) in [5.74, 6) is 0.270. The van der Waals surface area contributed by atoms with Crippen LogP contribution in [-0.4, -0.2) is 53.8 Å². The van der Waals surface area contributed by atoms with Crippen LogP contribution in [-0.2, 0) is 9.53 Å². The van der Waals surface area contributed by atoms with E-state index in [0.29, 0.717) is 13.0 Å². The minimum Gasteiger partial charge on any atom is -0.385 e. The Morgan fingerprint density at radius 2 is 2.00 bits per heavy atom. The lowest BCUT2D eigenvalue weighted by Crippen LogP contribution is -2.45. The van der Waals surface area contributed by atoms with E-state index in [4.69, 9.17) is 4.74 Å². The van der Waals surface area contributed by atoms with Crippen molar-refractivity contribution in [3.63, 3.8) is 0 Å². The number of piperazine rings is 1. The van der Waals surface area contributed by atoms with Crippen LogP contribution >= 0.6 is 22.9 Å². The van der Waals surface area contributed by atoms with Crippen molar-refractivity contribution in [1.82, 2.24) is 8.01 Å². The summed E-state index contributed by atoms with van der Waals surface area (Å²) in [5.41, 5.74) is 0. The summed E-state index contributed by atoms with van der Waals surface area (Å²) >= 11 is 2.30. The second kappa shape index (κ2) is 6.58. The third kappa shape index (κ3) is 4.10. The molecule has 4 nitrogen and oxygen atoms in total. The van der Waals surface area contributed by atoms with Gasteiger partial charge in [-0.25, -0.2) is 3.11 Å². The predicted octanol–water partition coefficient (Wildman–Crippen LogP) is 0.907. The van der Waals surface area contributed by atoms with E-state index in [2.05, 4.69) is 26.0 Å². The van der Waals surface area contributed by atoms with Crippen molar-refractivity contribution in [1.29, 1.82) is 0 Å². The van der Waals surface area contributed by atoms with Crippen LogP contribution in [0, 0.1) is 0 Å². The minimum absolute atomic E-state index is 0.270. The maximum absolute atomic E-state index is 11.6. The SMILES string of the molecule is COCCCC(=O)N1CCN(I)CC1. The lowest BCUT2D eigenvalue weighted by molar-refractivity contribution is -0.132. The molecule has 1 aliphatic heterocycles. The monoisotopic (exact) mass is 312 g/mol. The molecule has 0 atom stereocenters. The lowest BCUT2D eigenvalue weighted by atomic mass is 10.2. The predicted molar refractivity (Wildman–Crippen MR) is 63.3 cm³/mol. The summed E-state index contributed by atoms with van der Waals surface area (Å²) in [6.07, 6.45) is 1.45. The van der Waals surface area contributed by atoms with Gasteiger partial charge in [0.25, 0.3) is 0 Å². The molecule has 0 saturated carbocycles. The molecule has 1 heterocycles. The zero-order valence-corrected chi connectivity index (χ0v) is 10.7. The molecule has 5 heteroatoms. The molecule has 0 spiro atoms. The largest absolute Gasteiger partial charge is 0.385 e. The van der Waals surface area contributed by atoms with Gasteiger partial charge in [0.1, 0.15) is 0 Å². The fourth-order valence-corrected chi connectivity index (χ4v) is 1.89. The fraction of sp³-hybridized carbons (Fsp3) is 0.889. The summed E-state index contributed by atoms with van der Waals surface area (Å²) in [6, 6.07) is 0. The highest BCUT2D eigenvalue weighted by Gasteiger charge is 2.18. The molecule has 1 fully saturated rings. The van der Waals surface area contributed by atoms with Gasteiger partial charge in [0.15, 0.2) is 0 Å². The van der Waals surface area contributed by atoms with E-state index in [9.17, 15) is 4.79 Å². The standard InChI is InChI=1S/C9H17IN2O2/c1-14-8-2-3-9(13)11-4-6-12(10)7-5-11/h2-8H2,1H3. The van der Waals surface area contributed by atoms with Crippen LogP contribution in [0.1, 0.15) is 12.8 Å². The maximum atomic E-state index is 11.6. The number of carbonyl (C=O) groups is 1. The highest BCUT2D eigenvalue weighted by atomic mass is 127. The lowest BCUT2D eigenvalue weighted by Gasteiger charge is -2.31. The first-order valence-corrected chi connectivity index (χ1v) is 5.88. The number of hydrogen-bond acceptors (Lipinski definition) is 3. The third-order valence-electron chi connectivity index (χ3n) is 2.32. The molecular weight excluding hydrogens is 295 g/mol. The van der Waals surface area contributed by atoms with Crippen molar-refractivity contribution in [2.24, 2.45) is 0 Å². The van der Waals surface area contributed by atoms with Gasteiger partial charge in [-0.15, -0.1) is 0 Å². The van der Waals surface area contributed by atoms with Gasteiger partial charge in [-0.1, -0.05) is 0 Å². The molecule has 1 aliphatic rings. The number of hydrogen-bond donors (Lipinski definition) is 0. The molecule has 0 aromatic carbocycles. The maximum Gasteiger partial charge on any atom is 0.222 e. The Kier molecular flexibility index (Phi) is 5.73. The summed E-state index contributed by atoms with van der Waals surface area (Å²) in [4.78, 5) is 13.6. The Labute approximate surface area is 99.1 Å². The molecule has 0 aliphatic carbocycles. The molecule has 0 N–H and O–H groups in total. The first kappa shape index (κ1) is 12.2. The van der Waals surface area contributed by atoms with Crippen LogP contribution in [0.2, 0.25) is 0 Å². The topological polar surface area (TPSA) is 32.8 Å². The number of methoxy groups -OCH3 is 1. The van der Waals surface area contributed by atoms with Crippen LogP contribution in [0.25, 0.3) is 0 Å². The van der Waals surface area contributed by atoms with Gasteiger partial charge in [0.05, 0.1) is 0 Å². The molecule has 0 radical (unpaired) electrons. The second-order valence-corrected chi connectivity index (χ2v) is 4.75. The summed E-state index contributed by atoms with van der Waals surface area (Å²) in [6.45, 7) is 4.38. The Bertz CT molecular complexity index is 182. The van der Waals surface area contributed by atoms with Gasteiger partial charge in [-0.2, -0.15) is 0 Å². The number of halogens is 1. The third-order valence-corrected chi connectivity index (χ3v) is 3.28. The first-order valence-electron chi connectivity index (χ1n) is 4.91. The van der Waals surface area contributed by atoms with Gasteiger partial charge in [-0.3, -0.25) is 4.79 Å². The second-order valence-electron chi connectivity index (χ2n) is 3.39. The van der Waals surface area contributed by atoms with Crippen molar-refractivity contribution < 1.29 is 9.53 Å². The zero-order valence-electron chi connectivity index (χ0n) is 8.54. The van der Waals surface area contributed by atoms with E-state index in [0.717, 1.165) is 32.6 Å². The Morgan fingerprint density at radius 1 is 1.36 bits per heavy atom. The summed E-state index contributed by atoms with van der Waals surface area (Å²) < 4.78 is 7.14. The average Bonchev–Trinajstić information content (AvgIpc) is 2.19. The number of rotatable bonds is 4. The van der Waals surface area contributed by atoms with E-state index in [1.54, 1.807) is 7.11 Å². The highest BCUT2D eigenvalue weighted by Crippen LogP contribution is 2.08. The molecule has 0 aromatic rings. The summed E-state index contributed by atoms with van der Waals surface area (Å²) in [5, 5.41) is 0. The number of carbonyl (C=O) groups excluding carboxylic acids is 1. The fourth-order valence-electron chi connectivity index (χ4n) is 1.46. The highest BCUT2D eigenvalue weighted by molar-refractivity contribution is 14.1. The Hall–Kier alpha value is 0.120. The van der Waals surface area contributed by atoms with E-state index >= 15 is 0 Å². The average molecular weight is 312 g/mol. The molecule has 82 valence electrons. The normalized spacial score (nSPS) is 18.6. The summed E-state index contributed by atoms with van der Waals surface area (Å²) in [7, 11) is 1.67. The molecule has 0 bridgehead atoms.